The molecule has 0 aromatic heterocycles. The van der Waals surface area contributed by atoms with Crippen LogP contribution < -0.4 is 10.2 Å². The molecule has 0 heterocycles. The topological polar surface area (TPSA) is 15.3 Å². The van der Waals surface area contributed by atoms with Gasteiger partial charge in [-0.2, -0.15) is 0 Å². The van der Waals surface area contributed by atoms with E-state index in [-0.39, 0.29) is 0 Å². The van der Waals surface area contributed by atoms with Crippen molar-refractivity contribution in [3.63, 3.8) is 0 Å². The van der Waals surface area contributed by atoms with Gasteiger partial charge in [-0.3, -0.25) is 0 Å². The van der Waals surface area contributed by atoms with Crippen LogP contribution in [0.15, 0.2) is 30.3 Å². The summed E-state index contributed by atoms with van der Waals surface area (Å²) in [5, 5.41) is 3.62. The maximum Gasteiger partial charge on any atom is 0.0363 e. The Balaban J connectivity index is 2.10. The fourth-order valence-corrected chi connectivity index (χ4v) is 2.16. The maximum absolute atomic E-state index is 3.62. The Kier molecular flexibility index (Phi) is 7.57. The normalized spacial score (nSPS) is 12.7. The van der Waals surface area contributed by atoms with E-state index >= 15 is 0 Å². The van der Waals surface area contributed by atoms with Crippen molar-refractivity contribution in [2.75, 3.05) is 25.0 Å². The highest BCUT2D eigenvalue weighted by Gasteiger charge is 2.03. The van der Waals surface area contributed by atoms with Gasteiger partial charge in [0.15, 0.2) is 0 Å². The third-order valence-corrected chi connectivity index (χ3v) is 3.54. The summed E-state index contributed by atoms with van der Waals surface area (Å²) >= 11 is 0. The predicted molar refractivity (Wildman–Crippen MR) is 85.9 cm³/mol. The Hall–Kier alpha value is -1.02. The van der Waals surface area contributed by atoms with Gasteiger partial charge in [-0.25, -0.2) is 0 Å². The lowest BCUT2D eigenvalue weighted by Crippen LogP contribution is -2.30. The highest BCUT2D eigenvalue weighted by Crippen LogP contribution is 2.11. The van der Waals surface area contributed by atoms with Crippen LogP contribution in [0.5, 0.6) is 0 Å². The van der Waals surface area contributed by atoms with Crippen molar-refractivity contribution in [3.8, 4) is 0 Å². The third kappa shape index (κ3) is 7.22. The lowest BCUT2D eigenvalue weighted by atomic mass is 10.0. The second-order valence-electron chi connectivity index (χ2n) is 5.94. The van der Waals surface area contributed by atoms with Crippen LogP contribution in [0.3, 0.4) is 0 Å². The van der Waals surface area contributed by atoms with Gasteiger partial charge in [0.25, 0.3) is 0 Å². The number of nitrogens with zero attached hydrogens (tertiary/aromatic N) is 1. The van der Waals surface area contributed by atoms with Crippen LogP contribution >= 0.6 is 0 Å². The smallest absolute Gasteiger partial charge is 0.0363 e. The van der Waals surface area contributed by atoms with Crippen LogP contribution in [0, 0.1) is 5.92 Å². The third-order valence-electron chi connectivity index (χ3n) is 3.54. The van der Waals surface area contributed by atoms with Crippen LogP contribution in [0.4, 0.5) is 5.69 Å². The van der Waals surface area contributed by atoms with Crippen molar-refractivity contribution >= 4 is 5.69 Å². The van der Waals surface area contributed by atoms with Gasteiger partial charge in [0.2, 0.25) is 0 Å². The summed E-state index contributed by atoms with van der Waals surface area (Å²) in [6.45, 7) is 9.09. The number of hydrogen-bond donors (Lipinski definition) is 1. The van der Waals surface area contributed by atoms with E-state index in [2.05, 4.69) is 68.4 Å². The molecule has 0 amide bonds. The monoisotopic (exact) mass is 262 g/mol. The molecule has 1 atom stereocenters. The lowest BCUT2D eigenvalue weighted by molar-refractivity contribution is 0.449. The molecule has 19 heavy (non-hydrogen) atoms. The Morgan fingerprint density at radius 1 is 1.05 bits per heavy atom. The van der Waals surface area contributed by atoms with Crippen LogP contribution in [0.1, 0.15) is 40.0 Å². The number of nitrogens with one attached hydrogen (secondary N) is 1. The summed E-state index contributed by atoms with van der Waals surface area (Å²) in [6, 6.07) is 11.2. The quantitative estimate of drug-likeness (QED) is 0.678. The molecule has 0 aliphatic heterocycles. The van der Waals surface area contributed by atoms with Gasteiger partial charge in [0.1, 0.15) is 0 Å². The molecule has 0 aliphatic rings. The first-order valence-electron chi connectivity index (χ1n) is 7.59. The summed E-state index contributed by atoms with van der Waals surface area (Å²) in [5.41, 5.74) is 1.30. The summed E-state index contributed by atoms with van der Waals surface area (Å²) < 4.78 is 0. The molecule has 0 saturated heterocycles. The molecule has 2 heteroatoms. The molecule has 0 radical (unpaired) electrons. The van der Waals surface area contributed by atoms with Crippen molar-refractivity contribution < 1.29 is 0 Å². The Morgan fingerprint density at radius 2 is 1.74 bits per heavy atom. The van der Waals surface area contributed by atoms with E-state index in [0.29, 0.717) is 6.04 Å². The minimum atomic E-state index is 0.643. The molecule has 1 rings (SSSR count). The summed E-state index contributed by atoms with van der Waals surface area (Å²) in [5.74, 6) is 0.813. The van der Waals surface area contributed by atoms with Crippen LogP contribution in [-0.4, -0.2) is 26.2 Å². The molecule has 0 fully saturated rings. The van der Waals surface area contributed by atoms with E-state index in [1.807, 2.05) is 0 Å². The maximum atomic E-state index is 3.62. The summed E-state index contributed by atoms with van der Waals surface area (Å²) in [4.78, 5) is 2.32. The molecular weight excluding hydrogens is 232 g/mol. The molecular formula is C17H30N2. The molecule has 1 aromatic carbocycles. The summed E-state index contributed by atoms with van der Waals surface area (Å²) in [6.07, 6.45) is 3.79. The zero-order valence-corrected chi connectivity index (χ0v) is 13.0. The number of benzene rings is 1. The standard InChI is InChI=1S/C17H30N2/c1-15(2)11-12-16(3)18-13-8-14-19(4)17-9-6-5-7-10-17/h5-7,9-10,15-16,18H,8,11-14H2,1-4H3. The molecule has 1 aromatic rings. The number of rotatable bonds is 9. The van der Waals surface area contributed by atoms with Crippen molar-refractivity contribution in [3.05, 3.63) is 30.3 Å². The Bertz CT molecular complexity index is 321. The molecule has 1 unspecified atom stereocenters. The first kappa shape index (κ1) is 16.0. The van der Waals surface area contributed by atoms with Crippen LogP contribution in [0.25, 0.3) is 0 Å². The number of anilines is 1. The van der Waals surface area contributed by atoms with Gasteiger partial charge in [-0.05, 0) is 50.8 Å². The molecule has 0 aliphatic carbocycles. The first-order chi connectivity index (χ1) is 9.09. The average Bonchev–Trinajstić information content (AvgIpc) is 2.42. The van der Waals surface area contributed by atoms with Crippen LogP contribution in [-0.2, 0) is 0 Å². The zero-order chi connectivity index (χ0) is 14.1. The summed E-state index contributed by atoms with van der Waals surface area (Å²) in [7, 11) is 2.16. The fourth-order valence-electron chi connectivity index (χ4n) is 2.16. The second kappa shape index (κ2) is 8.98. The number of para-hydroxylation sites is 1. The van der Waals surface area contributed by atoms with Gasteiger partial charge in [-0.1, -0.05) is 32.0 Å². The van der Waals surface area contributed by atoms with Gasteiger partial charge in [-0.15, -0.1) is 0 Å². The Morgan fingerprint density at radius 3 is 2.37 bits per heavy atom. The highest BCUT2D eigenvalue weighted by atomic mass is 15.1. The minimum absolute atomic E-state index is 0.643. The van der Waals surface area contributed by atoms with Crippen LogP contribution in [0.2, 0.25) is 0 Å². The van der Waals surface area contributed by atoms with Crippen molar-refractivity contribution in [1.82, 2.24) is 5.32 Å². The van der Waals surface area contributed by atoms with Crippen molar-refractivity contribution in [2.24, 2.45) is 5.92 Å². The lowest BCUT2D eigenvalue weighted by Gasteiger charge is -2.20. The fraction of sp³-hybridized carbons (Fsp3) is 0.647. The molecule has 0 bridgehead atoms. The van der Waals surface area contributed by atoms with E-state index in [1.165, 1.54) is 24.9 Å². The van der Waals surface area contributed by atoms with Gasteiger partial charge in [0, 0.05) is 25.3 Å². The van der Waals surface area contributed by atoms with E-state index in [0.717, 1.165) is 19.0 Å². The van der Waals surface area contributed by atoms with Gasteiger partial charge >= 0.3 is 0 Å². The van der Waals surface area contributed by atoms with E-state index in [1.54, 1.807) is 0 Å². The molecule has 0 spiro atoms. The second-order valence-corrected chi connectivity index (χ2v) is 5.94. The van der Waals surface area contributed by atoms with Gasteiger partial charge < -0.3 is 10.2 Å². The zero-order valence-electron chi connectivity index (χ0n) is 13.0. The van der Waals surface area contributed by atoms with E-state index < -0.39 is 0 Å². The molecule has 108 valence electrons. The van der Waals surface area contributed by atoms with Gasteiger partial charge in [0.05, 0.1) is 0 Å². The van der Waals surface area contributed by atoms with E-state index in [4.69, 9.17) is 0 Å². The average molecular weight is 262 g/mol. The van der Waals surface area contributed by atoms with Crippen molar-refractivity contribution in [1.29, 1.82) is 0 Å². The molecule has 1 N–H and O–H groups in total. The highest BCUT2D eigenvalue weighted by molar-refractivity contribution is 5.44. The predicted octanol–water partition coefficient (Wildman–Crippen LogP) is 3.93. The first-order valence-corrected chi connectivity index (χ1v) is 7.59. The molecule has 0 saturated carbocycles. The SMILES string of the molecule is CC(C)CCC(C)NCCCN(C)c1ccccc1. The number of hydrogen-bond acceptors (Lipinski definition) is 2. The van der Waals surface area contributed by atoms with Crippen molar-refractivity contribution in [2.45, 2.75) is 46.1 Å². The molecule has 2 nitrogen and oxygen atoms in total. The minimum Gasteiger partial charge on any atom is -0.375 e. The van der Waals surface area contributed by atoms with E-state index in [9.17, 15) is 0 Å². The largest absolute Gasteiger partial charge is 0.375 e. The Labute approximate surface area is 119 Å².